The van der Waals surface area contributed by atoms with Gasteiger partial charge in [0, 0.05) is 27.4 Å². The monoisotopic (exact) mass is 823 g/mol. The maximum absolute atomic E-state index is 13.9. The summed E-state index contributed by atoms with van der Waals surface area (Å²) >= 11 is 0. The standard InChI is InChI=1S/C51H96O7/c1-6-9-12-15-18-21-24-27-30-33-36-39-42-45(52)51(57,46(53)43-40-37-34-31-28-25-22-19-16-13-10-7-2)50(4,5)48(55)49(56)58-47(54)44-41-38-35-32-29-26-23-20-17-14-11-8-3/h48,55,57H,6-44H2,1-5H3/t48-/m0/s1/i1D,2D. The highest BCUT2D eigenvalue weighted by molar-refractivity contribution is 6.11. The van der Waals surface area contributed by atoms with Crippen LogP contribution in [-0.4, -0.2) is 45.4 Å². The van der Waals surface area contributed by atoms with Crippen molar-refractivity contribution in [3.63, 3.8) is 0 Å². The van der Waals surface area contributed by atoms with Crippen LogP contribution in [0.25, 0.3) is 0 Å². The molecule has 0 aromatic rings. The summed E-state index contributed by atoms with van der Waals surface area (Å²) in [5.74, 6) is -3.35. The maximum atomic E-state index is 13.9. The zero-order valence-electron chi connectivity index (χ0n) is 40.5. The Morgan fingerprint density at radius 1 is 0.448 bits per heavy atom. The molecule has 0 rings (SSSR count). The summed E-state index contributed by atoms with van der Waals surface area (Å²) in [6.07, 6.45) is 37.0. The van der Waals surface area contributed by atoms with Crippen LogP contribution in [0.5, 0.6) is 0 Å². The third kappa shape index (κ3) is 27.3. The highest BCUT2D eigenvalue weighted by Gasteiger charge is 2.59. The van der Waals surface area contributed by atoms with E-state index in [4.69, 9.17) is 7.48 Å². The lowest BCUT2D eigenvalue weighted by Gasteiger charge is -2.42. The van der Waals surface area contributed by atoms with Crippen molar-refractivity contribution in [1.29, 1.82) is 0 Å². The number of carbonyl (C=O) groups is 4. The Balaban J connectivity index is 5.02. The van der Waals surface area contributed by atoms with E-state index in [0.717, 1.165) is 96.3 Å². The molecule has 0 radical (unpaired) electrons. The smallest absolute Gasteiger partial charge is 0.343 e. The second-order valence-corrected chi connectivity index (χ2v) is 18.1. The molecule has 2 N–H and O–H groups in total. The van der Waals surface area contributed by atoms with Crippen LogP contribution >= 0.6 is 0 Å². The number of hydrogen-bond acceptors (Lipinski definition) is 7. The molecule has 7 nitrogen and oxygen atoms in total. The molecule has 1 atom stereocenters. The number of ether oxygens (including phenoxy) is 1. The second-order valence-electron chi connectivity index (χ2n) is 18.1. The van der Waals surface area contributed by atoms with Crippen molar-refractivity contribution in [2.75, 3.05) is 0 Å². The Kier molecular flexibility index (Phi) is 34.7. The van der Waals surface area contributed by atoms with Gasteiger partial charge in [-0.25, -0.2) is 4.79 Å². The lowest BCUT2D eigenvalue weighted by molar-refractivity contribution is -0.187. The van der Waals surface area contributed by atoms with Gasteiger partial charge in [-0.05, 0) is 19.3 Å². The van der Waals surface area contributed by atoms with E-state index in [1.165, 1.54) is 129 Å². The lowest BCUT2D eigenvalue weighted by atomic mass is 9.65. The quantitative estimate of drug-likeness (QED) is 0.0357. The first-order valence-electron chi connectivity index (χ1n) is 26.2. The van der Waals surface area contributed by atoms with E-state index in [1.54, 1.807) is 0 Å². The summed E-state index contributed by atoms with van der Waals surface area (Å²) in [5, 5.41) is 23.3. The van der Waals surface area contributed by atoms with Gasteiger partial charge in [0.15, 0.2) is 23.3 Å². The van der Waals surface area contributed by atoms with Crippen LogP contribution in [0.3, 0.4) is 0 Å². The third-order valence-corrected chi connectivity index (χ3v) is 12.4. The second kappa shape index (κ2) is 38.3. The van der Waals surface area contributed by atoms with Crippen LogP contribution < -0.4 is 0 Å². The van der Waals surface area contributed by atoms with Gasteiger partial charge in [-0.3, -0.25) is 14.4 Å². The molecule has 342 valence electrons. The van der Waals surface area contributed by atoms with Crippen molar-refractivity contribution in [2.45, 2.75) is 297 Å². The highest BCUT2D eigenvalue weighted by Crippen LogP contribution is 2.39. The lowest BCUT2D eigenvalue weighted by Crippen LogP contribution is -2.63. The third-order valence-electron chi connectivity index (χ3n) is 12.4. The van der Waals surface area contributed by atoms with Gasteiger partial charge in [0.2, 0.25) is 0 Å². The first-order valence-corrected chi connectivity index (χ1v) is 24.8. The minimum absolute atomic E-state index is 0.0339. The number of aliphatic hydroxyl groups is 2. The number of rotatable bonds is 44. The molecule has 0 aliphatic heterocycles. The van der Waals surface area contributed by atoms with Gasteiger partial charge < -0.3 is 14.9 Å². The van der Waals surface area contributed by atoms with Crippen LogP contribution in [0.15, 0.2) is 0 Å². The van der Waals surface area contributed by atoms with E-state index in [1.807, 2.05) is 0 Å². The molecule has 0 aliphatic rings. The van der Waals surface area contributed by atoms with E-state index < -0.39 is 40.6 Å². The van der Waals surface area contributed by atoms with Crippen LogP contribution in [0.4, 0.5) is 0 Å². The summed E-state index contributed by atoms with van der Waals surface area (Å²) in [6, 6.07) is 0. The molecular formula is C51H96O7. The molecule has 0 fully saturated rings. The predicted octanol–water partition coefficient (Wildman–Crippen LogP) is 14.6. The number of ketones is 2. The van der Waals surface area contributed by atoms with Crippen molar-refractivity contribution in [3.05, 3.63) is 0 Å². The fraction of sp³-hybridized carbons (Fsp3) is 0.922. The molecule has 0 unspecified atom stereocenters. The van der Waals surface area contributed by atoms with Crippen molar-refractivity contribution in [3.8, 4) is 0 Å². The molecule has 0 amide bonds. The SMILES string of the molecule is [2H]CCCCCCCCCCCCCCC(=O)C(O)(C(=O)CCCCCCCCCCCCCC[2H])C(C)(C)[C@@H](O)C(=O)OC(=O)CCCCCCCCCCCCCC. The van der Waals surface area contributed by atoms with E-state index in [0.29, 0.717) is 33.1 Å². The van der Waals surface area contributed by atoms with Gasteiger partial charge >= 0.3 is 11.9 Å². The number of unbranched alkanes of at least 4 members (excludes halogenated alkanes) is 33. The van der Waals surface area contributed by atoms with Gasteiger partial charge in [0.05, 0.1) is 0 Å². The Bertz CT molecular complexity index is 1010. The number of aliphatic hydroxyl groups excluding tert-OH is 1. The van der Waals surface area contributed by atoms with Gasteiger partial charge in [0.25, 0.3) is 0 Å². The first-order chi connectivity index (χ1) is 29.0. The average molecular weight is 823 g/mol. The molecule has 7 heteroatoms. The Morgan fingerprint density at radius 3 is 1.00 bits per heavy atom. The molecule has 0 spiro atoms. The summed E-state index contributed by atoms with van der Waals surface area (Å²) < 4.78 is 19.5. The summed E-state index contributed by atoms with van der Waals surface area (Å²) in [7, 11) is 0. The van der Waals surface area contributed by atoms with Crippen molar-refractivity contribution >= 4 is 23.5 Å². The van der Waals surface area contributed by atoms with Crippen molar-refractivity contribution in [1.82, 2.24) is 0 Å². The molecule has 0 heterocycles. The van der Waals surface area contributed by atoms with E-state index >= 15 is 0 Å². The molecule has 0 aromatic carbocycles. The minimum atomic E-state index is -2.59. The van der Waals surface area contributed by atoms with Crippen molar-refractivity contribution < 1.29 is 36.9 Å². The molecular weight excluding hydrogens is 725 g/mol. The predicted molar refractivity (Wildman–Crippen MR) is 243 cm³/mol. The zero-order valence-corrected chi connectivity index (χ0v) is 38.5. The fourth-order valence-corrected chi connectivity index (χ4v) is 8.16. The number of esters is 2. The molecule has 0 saturated heterocycles. The molecule has 0 aliphatic carbocycles. The molecule has 0 saturated carbocycles. The van der Waals surface area contributed by atoms with E-state index in [9.17, 15) is 29.4 Å². The highest BCUT2D eigenvalue weighted by atomic mass is 16.6. The Morgan fingerprint density at radius 2 is 0.707 bits per heavy atom. The van der Waals surface area contributed by atoms with Gasteiger partial charge in [-0.2, -0.15) is 0 Å². The largest absolute Gasteiger partial charge is 0.391 e. The number of hydrogen-bond donors (Lipinski definition) is 2. The van der Waals surface area contributed by atoms with E-state index in [2.05, 4.69) is 6.92 Å². The Hall–Kier alpha value is -1.60. The Labute approximate surface area is 361 Å². The normalized spacial score (nSPS) is 13.0. The number of Topliss-reactive ketones (excluding diaryl/α,β-unsaturated/α-hetero) is 2. The van der Waals surface area contributed by atoms with Gasteiger partial charge in [-0.1, -0.05) is 246 Å². The zero-order chi connectivity index (χ0) is 44.6. The topological polar surface area (TPSA) is 118 Å². The van der Waals surface area contributed by atoms with Crippen LogP contribution in [0.2, 0.25) is 0 Å². The molecule has 0 bridgehead atoms. The first kappa shape index (κ1) is 52.5. The average Bonchev–Trinajstić information content (AvgIpc) is 3.23. The maximum Gasteiger partial charge on any atom is 0.343 e. The number of carbonyl (C=O) groups excluding carboxylic acids is 4. The van der Waals surface area contributed by atoms with Crippen LogP contribution in [0.1, 0.15) is 288 Å². The summed E-state index contributed by atoms with van der Waals surface area (Å²) in [4.78, 5) is 53.5. The van der Waals surface area contributed by atoms with Crippen LogP contribution in [-0.2, 0) is 23.9 Å². The van der Waals surface area contributed by atoms with Crippen molar-refractivity contribution in [2.24, 2.45) is 5.41 Å². The molecule has 0 aromatic heterocycles. The fourth-order valence-electron chi connectivity index (χ4n) is 8.16. The minimum Gasteiger partial charge on any atom is -0.391 e. The van der Waals surface area contributed by atoms with Gasteiger partial charge in [-0.15, -0.1) is 0 Å². The van der Waals surface area contributed by atoms with E-state index in [-0.39, 0.29) is 19.3 Å². The summed E-state index contributed by atoms with van der Waals surface area (Å²) in [6.45, 7) is 5.99. The van der Waals surface area contributed by atoms with Crippen LogP contribution in [0, 0.1) is 5.41 Å². The van der Waals surface area contributed by atoms with Gasteiger partial charge in [0.1, 0.15) is 0 Å². The molecule has 58 heavy (non-hydrogen) atoms. The summed E-state index contributed by atoms with van der Waals surface area (Å²) in [5.41, 5.74) is -4.50.